The van der Waals surface area contributed by atoms with E-state index in [9.17, 15) is 14.3 Å². The number of hydrogen-bond acceptors (Lipinski definition) is 3. The van der Waals surface area contributed by atoms with Crippen LogP contribution in [0.1, 0.15) is 31.4 Å². The molecule has 0 spiro atoms. The highest BCUT2D eigenvalue weighted by molar-refractivity contribution is 5.76. The summed E-state index contributed by atoms with van der Waals surface area (Å²) in [4.78, 5) is 12.9. The van der Waals surface area contributed by atoms with Gasteiger partial charge in [0.05, 0.1) is 6.61 Å². The van der Waals surface area contributed by atoms with Crippen molar-refractivity contribution in [2.24, 2.45) is 0 Å². The molecule has 0 aliphatic rings. The van der Waals surface area contributed by atoms with Crippen molar-refractivity contribution in [3.05, 3.63) is 29.6 Å². The maximum atomic E-state index is 13.3. The third kappa shape index (κ3) is 4.21. The molecule has 0 saturated carbocycles. The number of likely N-dealkylation sites (N-methyl/N-ethyl adjacent to an activating group) is 1. The Morgan fingerprint density at radius 2 is 2.16 bits per heavy atom. The summed E-state index contributed by atoms with van der Waals surface area (Å²) in [5.41, 5.74) is 0.468. The number of rotatable bonds is 7. The fraction of sp³-hybridized carbons (Fsp3) is 0.500. The molecule has 1 rings (SSSR count). The van der Waals surface area contributed by atoms with Gasteiger partial charge in [0.15, 0.2) is 0 Å². The first kappa shape index (κ1) is 15.4. The van der Waals surface area contributed by atoms with Crippen molar-refractivity contribution >= 4 is 5.97 Å². The fourth-order valence-electron chi connectivity index (χ4n) is 1.82. The first-order chi connectivity index (χ1) is 8.97. The second-order valence-electron chi connectivity index (χ2n) is 4.59. The van der Waals surface area contributed by atoms with Crippen LogP contribution >= 0.6 is 0 Å². The molecule has 5 heteroatoms. The number of carbonyl (C=O) groups is 1. The van der Waals surface area contributed by atoms with E-state index in [-0.39, 0.29) is 0 Å². The molecule has 0 amide bonds. The minimum atomic E-state index is -0.989. The highest BCUT2D eigenvalue weighted by Gasteiger charge is 2.25. The Bertz CT molecular complexity index is 435. The van der Waals surface area contributed by atoms with Crippen molar-refractivity contribution in [1.29, 1.82) is 0 Å². The van der Waals surface area contributed by atoms with E-state index in [1.807, 2.05) is 6.92 Å². The summed E-state index contributed by atoms with van der Waals surface area (Å²) in [5, 5.41) is 9.27. The lowest BCUT2D eigenvalue weighted by Gasteiger charge is -2.23. The molecule has 19 heavy (non-hydrogen) atoms. The number of benzene rings is 1. The Morgan fingerprint density at radius 1 is 1.47 bits per heavy atom. The molecule has 0 aliphatic heterocycles. The highest BCUT2D eigenvalue weighted by atomic mass is 19.1. The average Bonchev–Trinajstić information content (AvgIpc) is 2.31. The third-order valence-corrected chi connectivity index (χ3v) is 2.78. The summed E-state index contributed by atoms with van der Waals surface area (Å²) < 4.78 is 18.8. The number of aliphatic carboxylic acids is 1. The zero-order valence-corrected chi connectivity index (χ0v) is 11.5. The molecular formula is C14H20FNO3. The molecule has 1 aromatic rings. The molecule has 0 bridgehead atoms. The Kier molecular flexibility index (Phi) is 5.76. The van der Waals surface area contributed by atoms with Crippen molar-refractivity contribution in [3.63, 3.8) is 0 Å². The van der Waals surface area contributed by atoms with Gasteiger partial charge in [-0.05, 0) is 26.6 Å². The Balaban J connectivity index is 3.06. The smallest absolute Gasteiger partial charge is 0.325 e. The number of nitrogens with zero attached hydrogens (tertiary/aromatic N) is 1. The zero-order chi connectivity index (χ0) is 14.4. The normalized spacial score (nSPS) is 12.5. The van der Waals surface area contributed by atoms with Crippen LogP contribution in [-0.2, 0) is 4.79 Å². The van der Waals surface area contributed by atoms with E-state index < -0.39 is 17.8 Å². The number of carboxylic acid groups (broad SMARTS) is 1. The Hall–Kier alpha value is -1.62. The number of unbranched alkanes of at least 4 members (excludes halogenated alkanes) is 1. The maximum Gasteiger partial charge on any atom is 0.325 e. The summed E-state index contributed by atoms with van der Waals surface area (Å²) in [6, 6.07) is 3.11. The van der Waals surface area contributed by atoms with E-state index in [1.54, 1.807) is 19.0 Å². The summed E-state index contributed by atoms with van der Waals surface area (Å²) in [7, 11) is 3.33. The van der Waals surface area contributed by atoms with Crippen LogP contribution in [0, 0.1) is 5.82 Å². The minimum Gasteiger partial charge on any atom is -0.493 e. The van der Waals surface area contributed by atoms with Gasteiger partial charge in [-0.25, -0.2) is 4.39 Å². The molecule has 0 saturated heterocycles. The van der Waals surface area contributed by atoms with Gasteiger partial charge in [0.2, 0.25) is 0 Å². The van der Waals surface area contributed by atoms with Gasteiger partial charge in [0.25, 0.3) is 0 Å². The molecule has 0 unspecified atom stereocenters. The van der Waals surface area contributed by atoms with Crippen molar-refractivity contribution < 1.29 is 19.0 Å². The molecule has 4 nitrogen and oxygen atoms in total. The van der Waals surface area contributed by atoms with E-state index in [2.05, 4.69) is 0 Å². The van der Waals surface area contributed by atoms with Crippen LogP contribution in [-0.4, -0.2) is 36.7 Å². The number of hydrogen-bond donors (Lipinski definition) is 1. The van der Waals surface area contributed by atoms with Gasteiger partial charge in [-0.2, -0.15) is 0 Å². The van der Waals surface area contributed by atoms with Crippen LogP contribution in [0.15, 0.2) is 18.2 Å². The van der Waals surface area contributed by atoms with Crippen LogP contribution < -0.4 is 4.74 Å². The summed E-state index contributed by atoms with van der Waals surface area (Å²) in [5.74, 6) is -1.12. The van der Waals surface area contributed by atoms with E-state index in [1.165, 1.54) is 18.2 Å². The second kappa shape index (κ2) is 7.09. The maximum absolute atomic E-state index is 13.3. The van der Waals surface area contributed by atoms with Gasteiger partial charge >= 0.3 is 5.97 Å². The molecular weight excluding hydrogens is 249 g/mol. The Labute approximate surface area is 112 Å². The van der Waals surface area contributed by atoms with Crippen molar-refractivity contribution in [2.45, 2.75) is 25.8 Å². The highest BCUT2D eigenvalue weighted by Crippen LogP contribution is 2.29. The van der Waals surface area contributed by atoms with Gasteiger partial charge in [0.1, 0.15) is 17.6 Å². The van der Waals surface area contributed by atoms with Gasteiger partial charge in [0, 0.05) is 11.6 Å². The average molecular weight is 269 g/mol. The van der Waals surface area contributed by atoms with Crippen LogP contribution in [0.4, 0.5) is 4.39 Å². The number of carboxylic acids is 1. The number of ether oxygens (including phenoxy) is 1. The lowest BCUT2D eigenvalue weighted by Crippen LogP contribution is -2.28. The lowest BCUT2D eigenvalue weighted by molar-refractivity contribution is -0.142. The lowest BCUT2D eigenvalue weighted by atomic mass is 10.0. The summed E-state index contributed by atoms with van der Waals surface area (Å²) >= 11 is 0. The summed E-state index contributed by atoms with van der Waals surface area (Å²) in [6.45, 7) is 2.47. The minimum absolute atomic E-state index is 0.301. The van der Waals surface area contributed by atoms with E-state index >= 15 is 0 Å². The standard InChI is InChI=1S/C14H20FNO3/c1-4-5-8-19-12-9-10(15)6-7-11(12)13(14(17)18)16(2)3/h6-7,9,13H,4-5,8H2,1-3H3,(H,17,18)/t13-/m0/s1. The second-order valence-corrected chi connectivity index (χ2v) is 4.59. The SMILES string of the molecule is CCCCOc1cc(F)ccc1[C@@H](C(=O)O)N(C)C. The van der Waals surface area contributed by atoms with Crippen LogP contribution in [0.5, 0.6) is 5.75 Å². The van der Waals surface area contributed by atoms with Gasteiger partial charge in [-0.3, -0.25) is 9.69 Å². The van der Waals surface area contributed by atoms with Gasteiger partial charge in [-0.1, -0.05) is 19.4 Å². The Morgan fingerprint density at radius 3 is 2.68 bits per heavy atom. The topological polar surface area (TPSA) is 49.8 Å². The third-order valence-electron chi connectivity index (χ3n) is 2.78. The molecule has 1 atom stereocenters. The van der Waals surface area contributed by atoms with E-state index in [0.717, 1.165) is 12.8 Å². The zero-order valence-electron chi connectivity index (χ0n) is 11.5. The quantitative estimate of drug-likeness (QED) is 0.773. The molecule has 0 aliphatic carbocycles. The largest absolute Gasteiger partial charge is 0.493 e. The molecule has 1 N–H and O–H groups in total. The molecule has 0 heterocycles. The number of halogens is 1. The van der Waals surface area contributed by atoms with E-state index in [4.69, 9.17) is 4.74 Å². The van der Waals surface area contributed by atoms with Crippen LogP contribution in [0.2, 0.25) is 0 Å². The predicted octanol–water partition coefficient (Wildman–Crippen LogP) is 2.69. The van der Waals surface area contributed by atoms with Crippen LogP contribution in [0.3, 0.4) is 0 Å². The van der Waals surface area contributed by atoms with Crippen molar-refractivity contribution in [2.75, 3.05) is 20.7 Å². The molecule has 1 aromatic carbocycles. The molecule has 0 aromatic heterocycles. The molecule has 0 radical (unpaired) electrons. The van der Waals surface area contributed by atoms with Gasteiger partial charge < -0.3 is 9.84 Å². The molecule has 106 valence electrons. The predicted molar refractivity (Wildman–Crippen MR) is 70.9 cm³/mol. The first-order valence-electron chi connectivity index (χ1n) is 6.28. The van der Waals surface area contributed by atoms with Gasteiger partial charge in [-0.15, -0.1) is 0 Å². The van der Waals surface area contributed by atoms with Crippen molar-refractivity contribution in [1.82, 2.24) is 4.90 Å². The fourth-order valence-corrected chi connectivity index (χ4v) is 1.82. The summed E-state index contributed by atoms with van der Waals surface area (Å²) in [6.07, 6.45) is 1.80. The first-order valence-corrected chi connectivity index (χ1v) is 6.28. The van der Waals surface area contributed by atoms with E-state index in [0.29, 0.717) is 17.9 Å². The molecule has 0 fully saturated rings. The van der Waals surface area contributed by atoms with Crippen LogP contribution in [0.25, 0.3) is 0 Å². The van der Waals surface area contributed by atoms with Crippen molar-refractivity contribution in [3.8, 4) is 5.75 Å². The monoisotopic (exact) mass is 269 g/mol.